The van der Waals surface area contributed by atoms with Crippen LogP contribution in [0.15, 0.2) is 6.07 Å². The number of aromatic nitrogens is 2. The molecule has 5 heteroatoms. The van der Waals surface area contributed by atoms with Gasteiger partial charge in [-0.15, -0.1) is 0 Å². The van der Waals surface area contributed by atoms with Crippen LogP contribution in [0, 0.1) is 13.8 Å². The maximum absolute atomic E-state index is 6.18. The number of unbranched alkanes of at least 4 members (excludes halogenated alkanes) is 2. The van der Waals surface area contributed by atoms with Gasteiger partial charge in [-0.3, -0.25) is 10.3 Å². The average molecular weight is 278 g/mol. The zero-order chi connectivity index (χ0) is 15.0. The van der Waals surface area contributed by atoms with Crippen LogP contribution in [0.4, 0.5) is 5.95 Å². The Morgan fingerprint density at radius 3 is 2.05 bits per heavy atom. The van der Waals surface area contributed by atoms with Gasteiger partial charge in [0.1, 0.15) is 0 Å². The maximum atomic E-state index is 6.18. The van der Waals surface area contributed by atoms with Crippen molar-refractivity contribution in [3.63, 3.8) is 0 Å². The minimum atomic E-state index is 0.581. The topological polar surface area (TPSA) is 66.8 Å². The molecule has 1 aromatic heterocycles. The molecule has 0 aliphatic carbocycles. The lowest BCUT2D eigenvalue weighted by atomic mass is 10.3. The minimum Gasteiger partial charge on any atom is -0.290 e. The molecule has 0 aliphatic rings. The Hall–Kier alpha value is -1.65. The van der Waals surface area contributed by atoms with E-state index in [0.717, 1.165) is 50.2 Å². The summed E-state index contributed by atoms with van der Waals surface area (Å²) < 4.78 is 2.19. The number of nitrogens with one attached hydrogen (secondary N) is 1. The first-order valence-electron chi connectivity index (χ1n) is 7.53. The fraction of sp³-hybridized carbons (Fsp3) is 0.667. The summed E-state index contributed by atoms with van der Waals surface area (Å²) >= 11 is 0. The van der Waals surface area contributed by atoms with Crippen LogP contribution in [-0.2, 0) is 0 Å². The Morgan fingerprint density at radius 1 is 1.10 bits per heavy atom. The van der Waals surface area contributed by atoms with E-state index < -0.39 is 0 Å². The van der Waals surface area contributed by atoms with Crippen LogP contribution in [-0.4, -0.2) is 33.6 Å². The van der Waals surface area contributed by atoms with Gasteiger partial charge >= 0.3 is 5.96 Å². The van der Waals surface area contributed by atoms with E-state index in [1.165, 1.54) is 0 Å². The van der Waals surface area contributed by atoms with Crippen molar-refractivity contribution >= 4 is 11.9 Å². The van der Waals surface area contributed by atoms with Gasteiger partial charge in [-0.25, -0.2) is 15.3 Å². The van der Waals surface area contributed by atoms with E-state index in [4.69, 9.17) is 5.73 Å². The summed E-state index contributed by atoms with van der Waals surface area (Å²) in [5.74, 6) is 1.23. The molecule has 1 aromatic rings. The Bertz CT molecular complexity index is 423. The molecule has 0 saturated heterocycles. The van der Waals surface area contributed by atoms with Crippen LogP contribution in [0.3, 0.4) is 0 Å². The molecule has 20 heavy (non-hydrogen) atoms. The van der Waals surface area contributed by atoms with Gasteiger partial charge < -0.3 is 0 Å². The van der Waals surface area contributed by atoms with Crippen molar-refractivity contribution in [3.05, 3.63) is 17.5 Å². The highest BCUT2D eigenvalue weighted by molar-refractivity contribution is 5.86. The van der Waals surface area contributed by atoms with Gasteiger partial charge in [0.05, 0.1) is 13.1 Å². The number of hydrogen-bond donors (Lipinski definition) is 2. The van der Waals surface area contributed by atoms with E-state index in [9.17, 15) is 0 Å². The highest BCUT2D eigenvalue weighted by Gasteiger charge is 2.11. The van der Waals surface area contributed by atoms with Gasteiger partial charge in [0.25, 0.3) is 5.95 Å². The summed E-state index contributed by atoms with van der Waals surface area (Å²) in [4.78, 5) is 8.73. The lowest BCUT2D eigenvalue weighted by Crippen LogP contribution is -2.36. The van der Waals surface area contributed by atoms with Crippen LogP contribution in [0.2, 0.25) is 0 Å². The third-order valence-electron chi connectivity index (χ3n) is 3.13. The van der Waals surface area contributed by atoms with E-state index >= 15 is 0 Å². The Labute approximate surface area is 122 Å². The molecule has 0 atom stereocenters. The van der Waals surface area contributed by atoms with Crippen LogP contribution >= 0.6 is 0 Å². The van der Waals surface area contributed by atoms with Crippen molar-refractivity contribution in [2.45, 2.75) is 53.4 Å². The predicted octanol–water partition coefficient (Wildman–Crippen LogP) is 2.43. The molecule has 5 nitrogen and oxygen atoms in total. The van der Waals surface area contributed by atoms with E-state index in [-0.39, 0.29) is 0 Å². The second-order valence-corrected chi connectivity index (χ2v) is 5.18. The second kappa shape index (κ2) is 8.51. The Kier molecular flexibility index (Phi) is 6.98. The number of nitrogens with two attached hydrogens (primary N) is 1. The fourth-order valence-electron chi connectivity index (χ4n) is 2.03. The Balaban J connectivity index is 2.84. The molecule has 3 N–H and O–H groups in total. The fourth-order valence-corrected chi connectivity index (χ4v) is 2.03. The molecule has 1 rings (SSSR count). The maximum Gasteiger partial charge on any atom is 0.350 e. The first-order valence-corrected chi connectivity index (χ1v) is 7.53. The highest BCUT2D eigenvalue weighted by Crippen LogP contribution is 2.03. The molecule has 0 bridgehead atoms. The van der Waals surface area contributed by atoms with E-state index in [1.807, 2.05) is 19.9 Å². The molecule has 1 heterocycles. The first-order chi connectivity index (χ1) is 9.56. The normalized spacial score (nSPS) is 10.4. The van der Waals surface area contributed by atoms with Crippen LogP contribution in [0.1, 0.15) is 50.9 Å². The number of anilines is 1. The molecule has 0 spiro atoms. The number of rotatable bonds is 7. The minimum absolute atomic E-state index is 0.581. The molecular weight excluding hydrogens is 250 g/mol. The third-order valence-corrected chi connectivity index (χ3v) is 3.13. The number of nitrogens with zero attached hydrogens (tertiary/aromatic N) is 3. The summed E-state index contributed by atoms with van der Waals surface area (Å²) in [5.41, 5.74) is 8.07. The van der Waals surface area contributed by atoms with Crippen molar-refractivity contribution in [2.24, 2.45) is 5.73 Å². The quantitative estimate of drug-likeness (QED) is 0.457. The standard InChI is InChI=1S/C15H27N5/c1-5-7-9-20(10-8-6-2)14(16)19-15-17-12(3)11-13(4)18-15/h11H,5-10H2,1-4H3,(H2,16,17,18,19)/p+1. The molecule has 0 saturated carbocycles. The number of aryl methyl sites for hydroxylation is 2. The highest BCUT2D eigenvalue weighted by atomic mass is 15.2. The lowest BCUT2D eigenvalue weighted by Gasteiger charge is -2.10. The van der Waals surface area contributed by atoms with Gasteiger partial charge in [0.2, 0.25) is 0 Å². The summed E-state index contributed by atoms with van der Waals surface area (Å²) in [6.45, 7) is 10.2. The molecule has 0 aliphatic heterocycles. The van der Waals surface area contributed by atoms with Gasteiger partial charge in [0.15, 0.2) is 0 Å². The van der Waals surface area contributed by atoms with Gasteiger partial charge in [0, 0.05) is 11.4 Å². The lowest BCUT2D eigenvalue weighted by molar-refractivity contribution is -0.529. The second-order valence-electron chi connectivity index (χ2n) is 5.18. The van der Waals surface area contributed by atoms with Gasteiger partial charge in [-0.1, -0.05) is 26.7 Å². The summed E-state index contributed by atoms with van der Waals surface area (Å²) in [6, 6.07) is 1.95. The van der Waals surface area contributed by atoms with E-state index in [0.29, 0.717) is 11.9 Å². The van der Waals surface area contributed by atoms with Crippen molar-refractivity contribution < 1.29 is 4.58 Å². The molecular formula is C15H28N5+. The van der Waals surface area contributed by atoms with Crippen LogP contribution < -0.4 is 11.1 Å². The van der Waals surface area contributed by atoms with E-state index in [2.05, 4.69) is 33.7 Å². The van der Waals surface area contributed by atoms with Crippen molar-refractivity contribution in [2.75, 3.05) is 18.4 Å². The van der Waals surface area contributed by atoms with Crippen molar-refractivity contribution in [3.8, 4) is 0 Å². The van der Waals surface area contributed by atoms with Gasteiger partial charge in [-0.2, -0.15) is 0 Å². The van der Waals surface area contributed by atoms with Crippen LogP contribution in [0.25, 0.3) is 0 Å². The first kappa shape index (κ1) is 16.4. The SMILES string of the molecule is CCCC[N+](CCCC)=C(N)Nc1nc(C)cc(C)n1. The molecule has 0 fully saturated rings. The molecule has 0 radical (unpaired) electrons. The largest absolute Gasteiger partial charge is 0.350 e. The zero-order valence-electron chi connectivity index (χ0n) is 13.2. The smallest absolute Gasteiger partial charge is 0.290 e. The zero-order valence-corrected chi connectivity index (χ0v) is 13.2. The number of hydrogen-bond acceptors (Lipinski definition) is 2. The molecule has 112 valence electrons. The predicted molar refractivity (Wildman–Crippen MR) is 84.1 cm³/mol. The number of guanidine groups is 1. The summed E-state index contributed by atoms with van der Waals surface area (Å²) in [5, 5.41) is 3.14. The Morgan fingerprint density at radius 2 is 1.60 bits per heavy atom. The molecule has 0 unspecified atom stereocenters. The van der Waals surface area contributed by atoms with E-state index in [1.54, 1.807) is 0 Å². The monoisotopic (exact) mass is 278 g/mol. The molecule has 0 aromatic carbocycles. The summed E-state index contributed by atoms with van der Waals surface area (Å²) in [7, 11) is 0. The van der Waals surface area contributed by atoms with Crippen molar-refractivity contribution in [1.82, 2.24) is 9.97 Å². The van der Waals surface area contributed by atoms with Crippen LogP contribution in [0.5, 0.6) is 0 Å². The molecule has 0 amide bonds. The third kappa shape index (κ3) is 5.55. The summed E-state index contributed by atoms with van der Waals surface area (Å²) in [6.07, 6.45) is 4.60. The average Bonchev–Trinajstić information content (AvgIpc) is 2.37. The van der Waals surface area contributed by atoms with Gasteiger partial charge in [-0.05, 0) is 32.8 Å². The van der Waals surface area contributed by atoms with Crippen molar-refractivity contribution in [1.29, 1.82) is 0 Å².